The van der Waals surface area contributed by atoms with Crippen molar-refractivity contribution in [3.63, 3.8) is 0 Å². The molecule has 154 valence electrons. The van der Waals surface area contributed by atoms with Gasteiger partial charge in [0.2, 0.25) is 0 Å². The normalized spacial score (nSPS) is 14.5. The van der Waals surface area contributed by atoms with Crippen LogP contribution in [0.1, 0.15) is 32.0 Å². The lowest BCUT2D eigenvalue weighted by molar-refractivity contribution is -0.917. The van der Waals surface area contributed by atoms with Crippen molar-refractivity contribution in [2.75, 3.05) is 31.5 Å². The number of carbonyl (C=O) groups excluding carboxylic acids is 2. The molecule has 0 aliphatic carbocycles. The van der Waals surface area contributed by atoms with E-state index in [1.165, 1.54) is 22.3 Å². The molecule has 2 aromatic carbocycles. The van der Waals surface area contributed by atoms with E-state index in [1.807, 2.05) is 4.90 Å². The van der Waals surface area contributed by atoms with Crippen LogP contribution in [-0.2, 0) is 6.54 Å². The number of quaternary nitrogens is 1. The maximum Gasteiger partial charge on any atom is 0.291 e. The predicted octanol–water partition coefficient (Wildman–Crippen LogP) is 2.38. The van der Waals surface area contributed by atoms with Gasteiger partial charge in [0.1, 0.15) is 6.54 Å². The Morgan fingerprint density at radius 1 is 1.00 bits per heavy atom. The first-order valence-electron chi connectivity index (χ1n) is 10.2. The van der Waals surface area contributed by atoms with Gasteiger partial charge in [0.15, 0.2) is 5.76 Å². The molecule has 0 unspecified atom stereocenters. The van der Waals surface area contributed by atoms with Crippen LogP contribution in [0.15, 0.2) is 71.3 Å². The third-order valence-electron chi connectivity index (χ3n) is 5.59. The number of nitrogens with zero attached hydrogens (tertiary/aromatic N) is 1. The third-order valence-corrected chi connectivity index (χ3v) is 5.59. The minimum atomic E-state index is -0.313. The number of hydrogen-bond acceptors (Lipinski definition) is 3. The van der Waals surface area contributed by atoms with E-state index in [1.54, 1.807) is 36.4 Å². The summed E-state index contributed by atoms with van der Waals surface area (Å²) in [5.41, 5.74) is 3.95. The lowest BCUT2D eigenvalue weighted by atomic mass is 10.1. The first-order valence-corrected chi connectivity index (χ1v) is 10.2. The minimum Gasteiger partial charge on any atom is -0.459 e. The zero-order valence-corrected chi connectivity index (χ0v) is 17.1. The van der Waals surface area contributed by atoms with Crippen molar-refractivity contribution >= 4 is 17.5 Å². The van der Waals surface area contributed by atoms with Gasteiger partial charge in [-0.15, -0.1) is 0 Å². The van der Waals surface area contributed by atoms with Crippen molar-refractivity contribution < 1.29 is 18.9 Å². The number of furan rings is 1. The maximum absolute atomic E-state index is 12.9. The second-order valence-electron chi connectivity index (χ2n) is 7.65. The summed E-state index contributed by atoms with van der Waals surface area (Å²) in [5.74, 6) is -0.0260. The van der Waals surface area contributed by atoms with Crippen molar-refractivity contribution in [2.45, 2.75) is 13.5 Å². The summed E-state index contributed by atoms with van der Waals surface area (Å²) in [5, 5.41) is 2.76. The van der Waals surface area contributed by atoms with Gasteiger partial charge < -0.3 is 19.5 Å². The zero-order chi connectivity index (χ0) is 20.9. The fraction of sp³-hybridized carbons (Fsp3) is 0.250. The van der Waals surface area contributed by atoms with E-state index in [0.717, 1.165) is 32.7 Å². The topological polar surface area (TPSA) is 67.0 Å². The van der Waals surface area contributed by atoms with Gasteiger partial charge in [-0.05, 0) is 48.9 Å². The Kier molecular flexibility index (Phi) is 5.95. The summed E-state index contributed by atoms with van der Waals surface area (Å²) in [7, 11) is 0. The van der Waals surface area contributed by atoms with Crippen LogP contribution in [0.4, 0.5) is 5.69 Å². The monoisotopic (exact) mass is 404 g/mol. The highest BCUT2D eigenvalue weighted by Crippen LogP contribution is 2.14. The lowest BCUT2D eigenvalue weighted by Gasteiger charge is -2.32. The fourth-order valence-corrected chi connectivity index (χ4v) is 3.76. The molecule has 6 nitrogen and oxygen atoms in total. The molecule has 1 aromatic heterocycles. The molecule has 0 bridgehead atoms. The fourth-order valence-electron chi connectivity index (χ4n) is 3.76. The molecule has 30 heavy (non-hydrogen) atoms. The number of aryl methyl sites for hydroxylation is 1. The van der Waals surface area contributed by atoms with Gasteiger partial charge in [-0.1, -0.05) is 24.3 Å². The summed E-state index contributed by atoms with van der Waals surface area (Å²) >= 11 is 0. The Labute approximate surface area is 176 Å². The Morgan fingerprint density at radius 2 is 1.73 bits per heavy atom. The van der Waals surface area contributed by atoms with Gasteiger partial charge in [-0.2, -0.15) is 0 Å². The highest BCUT2D eigenvalue weighted by Gasteiger charge is 2.25. The molecule has 4 rings (SSSR count). The van der Waals surface area contributed by atoms with Crippen molar-refractivity contribution in [3.05, 3.63) is 89.4 Å². The van der Waals surface area contributed by atoms with E-state index in [-0.39, 0.29) is 17.6 Å². The van der Waals surface area contributed by atoms with Gasteiger partial charge in [-0.3, -0.25) is 9.59 Å². The van der Waals surface area contributed by atoms with Crippen LogP contribution in [0.5, 0.6) is 0 Å². The Hall–Kier alpha value is -3.38. The molecule has 1 fully saturated rings. The maximum atomic E-state index is 12.9. The number of amides is 2. The summed E-state index contributed by atoms with van der Waals surface area (Å²) in [6, 6.07) is 18.8. The smallest absolute Gasteiger partial charge is 0.291 e. The van der Waals surface area contributed by atoms with Crippen LogP contribution < -0.4 is 10.2 Å². The van der Waals surface area contributed by atoms with E-state index in [4.69, 9.17) is 4.42 Å². The quantitative estimate of drug-likeness (QED) is 0.686. The summed E-state index contributed by atoms with van der Waals surface area (Å²) in [4.78, 5) is 28.3. The molecule has 1 aliphatic rings. The Balaban J connectivity index is 1.31. The van der Waals surface area contributed by atoms with Crippen LogP contribution in [-0.4, -0.2) is 42.9 Å². The van der Waals surface area contributed by atoms with E-state index in [0.29, 0.717) is 11.3 Å². The van der Waals surface area contributed by atoms with Crippen LogP contribution in [0.25, 0.3) is 0 Å². The van der Waals surface area contributed by atoms with Crippen LogP contribution in [0.2, 0.25) is 0 Å². The van der Waals surface area contributed by atoms with Crippen molar-refractivity contribution in [1.29, 1.82) is 0 Å². The number of benzene rings is 2. The largest absolute Gasteiger partial charge is 0.459 e. The number of carbonyl (C=O) groups is 2. The van der Waals surface area contributed by atoms with E-state index < -0.39 is 0 Å². The molecule has 0 radical (unpaired) electrons. The molecular formula is C24H26N3O3+. The molecule has 2 heterocycles. The number of hydrogen-bond donors (Lipinski definition) is 2. The van der Waals surface area contributed by atoms with E-state index in [9.17, 15) is 9.59 Å². The molecule has 0 atom stereocenters. The van der Waals surface area contributed by atoms with Gasteiger partial charge in [0.25, 0.3) is 11.8 Å². The van der Waals surface area contributed by atoms with Gasteiger partial charge in [-0.25, -0.2) is 0 Å². The molecule has 3 aromatic rings. The Bertz CT molecular complexity index is 1000. The average Bonchev–Trinajstić information content (AvgIpc) is 3.31. The van der Waals surface area contributed by atoms with Crippen LogP contribution in [0, 0.1) is 6.92 Å². The number of anilines is 1. The first kappa shape index (κ1) is 19.9. The number of piperazine rings is 1. The summed E-state index contributed by atoms with van der Waals surface area (Å²) in [6.45, 7) is 6.52. The predicted molar refractivity (Wildman–Crippen MR) is 115 cm³/mol. The van der Waals surface area contributed by atoms with Crippen molar-refractivity contribution in [1.82, 2.24) is 4.90 Å². The van der Waals surface area contributed by atoms with Gasteiger partial charge in [0, 0.05) is 16.8 Å². The SMILES string of the molecule is Cc1ccccc1C[NH+]1CCN(C(=O)c2ccc(NC(=O)c3ccco3)cc2)CC1. The number of rotatable bonds is 5. The molecular weight excluding hydrogens is 378 g/mol. The summed E-state index contributed by atoms with van der Waals surface area (Å²) in [6.07, 6.45) is 1.46. The molecule has 0 spiro atoms. The van der Waals surface area contributed by atoms with E-state index >= 15 is 0 Å². The van der Waals surface area contributed by atoms with Crippen LogP contribution >= 0.6 is 0 Å². The molecule has 0 saturated carbocycles. The molecule has 1 aliphatic heterocycles. The second kappa shape index (κ2) is 8.97. The van der Waals surface area contributed by atoms with Crippen molar-refractivity contribution in [2.24, 2.45) is 0 Å². The highest BCUT2D eigenvalue weighted by molar-refractivity contribution is 6.02. The molecule has 2 amide bonds. The summed E-state index contributed by atoms with van der Waals surface area (Å²) < 4.78 is 5.09. The number of nitrogens with one attached hydrogen (secondary N) is 2. The van der Waals surface area contributed by atoms with Crippen LogP contribution in [0.3, 0.4) is 0 Å². The average molecular weight is 404 g/mol. The van der Waals surface area contributed by atoms with Crippen molar-refractivity contribution in [3.8, 4) is 0 Å². The highest BCUT2D eigenvalue weighted by atomic mass is 16.3. The van der Waals surface area contributed by atoms with Gasteiger partial charge >= 0.3 is 0 Å². The van der Waals surface area contributed by atoms with E-state index in [2.05, 4.69) is 36.5 Å². The molecule has 6 heteroatoms. The second-order valence-corrected chi connectivity index (χ2v) is 7.65. The standard InChI is InChI=1S/C24H25N3O3/c1-18-5-2-3-6-20(18)17-26-12-14-27(15-13-26)24(29)19-8-10-21(11-9-19)25-23(28)22-7-4-16-30-22/h2-11,16H,12-15,17H2,1H3,(H,25,28)/p+1. The zero-order valence-electron chi connectivity index (χ0n) is 17.1. The first-order chi connectivity index (χ1) is 14.6. The lowest BCUT2D eigenvalue weighted by Crippen LogP contribution is -3.13. The minimum absolute atomic E-state index is 0.0360. The molecule has 2 N–H and O–H groups in total. The van der Waals surface area contributed by atoms with Gasteiger partial charge in [0.05, 0.1) is 32.4 Å². The molecule has 1 saturated heterocycles. The third kappa shape index (κ3) is 4.60. The Morgan fingerprint density at radius 3 is 2.40 bits per heavy atom.